The molecule has 0 saturated heterocycles. The van der Waals surface area contributed by atoms with E-state index in [1.807, 2.05) is 42.6 Å². The molecule has 0 aliphatic heterocycles. The van der Waals surface area contributed by atoms with Crippen LogP contribution in [0.25, 0.3) is 21.8 Å². The smallest absolute Gasteiger partial charge is 0.102 e. The summed E-state index contributed by atoms with van der Waals surface area (Å²) in [4.78, 5) is 4.51. The highest BCUT2D eigenvalue weighted by Crippen LogP contribution is 2.34. The minimum absolute atomic E-state index is 0.737. The molecular weight excluding hydrogens is 252 g/mol. The quantitative estimate of drug-likeness (QED) is 0.722. The predicted octanol–water partition coefficient (Wildman–Crippen LogP) is 4.59. The van der Waals surface area contributed by atoms with E-state index in [2.05, 4.69) is 23.2 Å². The van der Waals surface area contributed by atoms with Crippen LogP contribution in [0.4, 0.5) is 0 Å². The zero-order valence-corrected chi connectivity index (χ0v) is 11.3. The van der Waals surface area contributed by atoms with Crippen molar-refractivity contribution in [2.45, 2.75) is 6.92 Å². The summed E-state index contributed by atoms with van der Waals surface area (Å²) < 4.78 is 0. The van der Waals surface area contributed by atoms with E-state index in [1.54, 1.807) is 11.3 Å². The van der Waals surface area contributed by atoms with Crippen molar-refractivity contribution in [3.05, 3.63) is 59.0 Å². The number of aromatic nitrogens is 1. The molecule has 3 rings (SSSR count). The molecule has 0 aliphatic carbocycles. The lowest BCUT2D eigenvalue weighted by molar-refractivity contribution is 1.38. The van der Waals surface area contributed by atoms with Gasteiger partial charge in [0.05, 0.1) is 21.8 Å². The molecule has 0 unspecified atom stereocenters. The largest absolute Gasteiger partial charge is 0.353 e. The lowest BCUT2D eigenvalue weighted by Crippen LogP contribution is -1.80. The Balaban J connectivity index is 2.22. The standard InChI is InChI=1S/C16H12N2S/c1-11-13(10-17)16(14-8-5-9-19-14)18-15(11)12-6-3-2-4-7-12/h2-9,18H,1H3. The number of H-pyrrole nitrogens is 1. The second-order valence-corrected chi connectivity index (χ2v) is 5.28. The van der Waals surface area contributed by atoms with Crippen LogP contribution in [0.3, 0.4) is 0 Å². The highest BCUT2D eigenvalue weighted by atomic mass is 32.1. The molecule has 0 aliphatic rings. The number of hydrogen-bond acceptors (Lipinski definition) is 2. The van der Waals surface area contributed by atoms with E-state index >= 15 is 0 Å². The van der Waals surface area contributed by atoms with Gasteiger partial charge in [-0.25, -0.2) is 0 Å². The normalized spacial score (nSPS) is 10.3. The fraction of sp³-hybridized carbons (Fsp3) is 0.0625. The minimum Gasteiger partial charge on any atom is -0.353 e. The Morgan fingerprint density at radius 3 is 2.47 bits per heavy atom. The van der Waals surface area contributed by atoms with Crippen molar-refractivity contribution in [2.75, 3.05) is 0 Å². The molecule has 2 heterocycles. The minimum atomic E-state index is 0.737. The van der Waals surface area contributed by atoms with Crippen LogP contribution < -0.4 is 0 Å². The summed E-state index contributed by atoms with van der Waals surface area (Å²) in [6.45, 7) is 1.99. The summed E-state index contributed by atoms with van der Waals surface area (Å²) in [6, 6.07) is 16.5. The van der Waals surface area contributed by atoms with Crippen molar-refractivity contribution < 1.29 is 0 Å². The summed E-state index contributed by atoms with van der Waals surface area (Å²) in [6.07, 6.45) is 0. The highest BCUT2D eigenvalue weighted by Gasteiger charge is 2.16. The molecule has 1 aromatic carbocycles. The lowest BCUT2D eigenvalue weighted by atomic mass is 10.1. The van der Waals surface area contributed by atoms with Crippen LogP contribution >= 0.6 is 11.3 Å². The Kier molecular flexibility index (Phi) is 2.94. The molecular formula is C16H12N2S. The Morgan fingerprint density at radius 2 is 1.84 bits per heavy atom. The molecule has 3 aromatic rings. The van der Waals surface area contributed by atoms with Crippen molar-refractivity contribution in [1.29, 1.82) is 5.26 Å². The molecule has 0 bridgehead atoms. The van der Waals surface area contributed by atoms with E-state index in [4.69, 9.17) is 0 Å². The molecule has 1 N–H and O–H groups in total. The monoisotopic (exact) mass is 264 g/mol. The maximum Gasteiger partial charge on any atom is 0.102 e. The Morgan fingerprint density at radius 1 is 1.05 bits per heavy atom. The first-order valence-corrected chi connectivity index (χ1v) is 6.91. The van der Waals surface area contributed by atoms with Crippen LogP contribution in [0.15, 0.2) is 47.8 Å². The fourth-order valence-electron chi connectivity index (χ4n) is 2.23. The van der Waals surface area contributed by atoms with Gasteiger partial charge >= 0.3 is 0 Å². The first kappa shape index (κ1) is 11.8. The number of thiophene rings is 1. The van der Waals surface area contributed by atoms with Gasteiger partial charge in [0, 0.05) is 0 Å². The summed E-state index contributed by atoms with van der Waals surface area (Å²) >= 11 is 1.64. The number of rotatable bonds is 2. The van der Waals surface area contributed by atoms with E-state index in [0.29, 0.717) is 0 Å². The van der Waals surface area contributed by atoms with Gasteiger partial charge in [-0.1, -0.05) is 36.4 Å². The van der Waals surface area contributed by atoms with E-state index in [1.165, 1.54) is 0 Å². The molecule has 2 nitrogen and oxygen atoms in total. The summed E-state index contributed by atoms with van der Waals surface area (Å²) in [5, 5.41) is 11.4. The molecule has 0 radical (unpaired) electrons. The summed E-state index contributed by atoms with van der Waals surface area (Å²) in [5.74, 6) is 0. The molecule has 0 atom stereocenters. The van der Waals surface area contributed by atoms with Crippen LogP contribution in [-0.2, 0) is 0 Å². The summed E-state index contributed by atoms with van der Waals surface area (Å²) in [7, 11) is 0. The number of aromatic amines is 1. The van der Waals surface area contributed by atoms with E-state index < -0.39 is 0 Å². The van der Waals surface area contributed by atoms with Crippen molar-refractivity contribution in [1.82, 2.24) is 4.98 Å². The molecule has 92 valence electrons. The predicted molar refractivity (Wildman–Crippen MR) is 79.0 cm³/mol. The van der Waals surface area contributed by atoms with Gasteiger partial charge < -0.3 is 4.98 Å². The van der Waals surface area contributed by atoms with Crippen molar-refractivity contribution in [2.24, 2.45) is 0 Å². The van der Waals surface area contributed by atoms with Gasteiger partial charge in [-0.3, -0.25) is 0 Å². The Hall–Kier alpha value is -2.31. The lowest BCUT2D eigenvalue weighted by Gasteiger charge is -1.99. The second-order valence-electron chi connectivity index (χ2n) is 4.33. The number of hydrogen-bond donors (Lipinski definition) is 1. The van der Waals surface area contributed by atoms with E-state index in [0.717, 1.165) is 33.0 Å². The van der Waals surface area contributed by atoms with E-state index in [-0.39, 0.29) is 0 Å². The number of nitrogens with zero attached hydrogens (tertiary/aromatic N) is 1. The Bertz CT molecular complexity index is 731. The van der Waals surface area contributed by atoms with Crippen LogP contribution in [0.2, 0.25) is 0 Å². The average Bonchev–Trinajstić information content (AvgIpc) is 3.07. The number of nitriles is 1. The molecule has 0 amide bonds. The number of nitrogens with one attached hydrogen (secondary N) is 1. The maximum atomic E-state index is 9.39. The summed E-state index contributed by atoms with van der Waals surface area (Å²) in [5.41, 5.74) is 4.81. The van der Waals surface area contributed by atoms with Gasteiger partial charge in [-0.2, -0.15) is 5.26 Å². The third-order valence-corrected chi connectivity index (χ3v) is 4.08. The third-order valence-electron chi connectivity index (χ3n) is 3.19. The number of benzene rings is 1. The van der Waals surface area contributed by atoms with Gasteiger partial charge in [0.1, 0.15) is 6.07 Å². The average molecular weight is 264 g/mol. The van der Waals surface area contributed by atoms with E-state index in [9.17, 15) is 5.26 Å². The molecule has 0 saturated carbocycles. The van der Waals surface area contributed by atoms with Gasteiger partial charge in [-0.05, 0) is 29.5 Å². The van der Waals surface area contributed by atoms with Gasteiger partial charge in [-0.15, -0.1) is 11.3 Å². The van der Waals surface area contributed by atoms with Gasteiger partial charge in [0.2, 0.25) is 0 Å². The second kappa shape index (κ2) is 4.75. The van der Waals surface area contributed by atoms with Crippen molar-refractivity contribution in [3.63, 3.8) is 0 Å². The first-order valence-electron chi connectivity index (χ1n) is 6.03. The van der Waals surface area contributed by atoms with Crippen molar-refractivity contribution >= 4 is 11.3 Å². The first-order chi connectivity index (χ1) is 9.31. The maximum absolute atomic E-state index is 9.39. The molecule has 0 fully saturated rings. The van der Waals surface area contributed by atoms with Crippen molar-refractivity contribution in [3.8, 4) is 27.9 Å². The van der Waals surface area contributed by atoms with Crippen LogP contribution in [0.1, 0.15) is 11.1 Å². The molecule has 3 heteroatoms. The topological polar surface area (TPSA) is 39.6 Å². The molecule has 0 spiro atoms. The van der Waals surface area contributed by atoms with Crippen LogP contribution in [-0.4, -0.2) is 4.98 Å². The third kappa shape index (κ3) is 1.96. The van der Waals surface area contributed by atoms with Crippen LogP contribution in [0.5, 0.6) is 0 Å². The zero-order valence-electron chi connectivity index (χ0n) is 10.5. The zero-order chi connectivity index (χ0) is 13.2. The SMILES string of the molecule is Cc1c(-c2ccccc2)[nH]c(-c2cccs2)c1C#N. The van der Waals surface area contributed by atoms with Crippen LogP contribution in [0, 0.1) is 18.3 Å². The van der Waals surface area contributed by atoms with Gasteiger partial charge in [0.15, 0.2) is 0 Å². The fourth-order valence-corrected chi connectivity index (χ4v) is 2.96. The van der Waals surface area contributed by atoms with Gasteiger partial charge in [0.25, 0.3) is 0 Å². The molecule has 2 aromatic heterocycles. The highest BCUT2D eigenvalue weighted by molar-refractivity contribution is 7.13. The molecule has 19 heavy (non-hydrogen) atoms. The Labute approximate surface area is 116 Å².